The van der Waals surface area contributed by atoms with Crippen molar-refractivity contribution in [3.8, 4) is 0 Å². The van der Waals surface area contributed by atoms with Crippen molar-refractivity contribution in [2.75, 3.05) is 0 Å². The zero-order valence-corrected chi connectivity index (χ0v) is 12.6. The zero-order valence-electron chi connectivity index (χ0n) is 12.6. The standard InChI is InChI=1S/C18H20FNO2/c1-2-14-8-17(20-11-16(14)19)18(21)9-15(10-18)22-12-13-6-4-3-5-7-13/h3-8,11,15,21H,2,9-10,12H2,1H3. The highest BCUT2D eigenvalue weighted by Crippen LogP contribution is 2.42. The second kappa shape index (κ2) is 6.15. The third-order valence-corrected chi connectivity index (χ3v) is 4.25. The third kappa shape index (κ3) is 3.03. The highest BCUT2D eigenvalue weighted by atomic mass is 19.1. The summed E-state index contributed by atoms with van der Waals surface area (Å²) in [7, 11) is 0. The van der Waals surface area contributed by atoms with Crippen molar-refractivity contribution in [3.63, 3.8) is 0 Å². The number of hydrogen-bond acceptors (Lipinski definition) is 3. The second-order valence-corrected chi connectivity index (χ2v) is 5.87. The molecule has 0 bridgehead atoms. The lowest BCUT2D eigenvalue weighted by molar-refractivity contribution is -0.151. The van der Waals surface area contributed by atoms with Crippen LogP contribution in [-0.4, -0.2) is 16.2 Å². The Kier molecular flexibility index (Phi) is 4.23. The number of rotatable bonds is 5. The van der Waals surface area contributed by atoms with Crippen molar-refractivity contribution in [2.24, 2.45) is 0 Å². The number of ether oxygens (including phenoxy) is 1. The van der Waals surface area contributed by atoms with Crippen LogP contribution in [0.15, 0.2) is 42.6 Å². The molecule has 0 atom stereocenters. The first-order chi connectivity index (χ1) is 10.6. The number of halogens is 1. The van der Waals surface area contributed by atoms with Crippen molar-refractivity contribution in [2.45, 2.75) is 44.5 Å². The minimum absolute atomic E-state index is 0.0159. The lowest BCUT2D eigenvalue weighted by atomic mass is 9.74. The van der Waals surface area contributed by atoms with Gasteiger partial charge in [0.2, 0.25) is 0 Å². The fraction of sp³-hybridized carbons (Fsp3) is 0.389. The van der Waals surface area contributed by atoms with Gasteiger partial charge in [0.1, 0.15) is 11.4 Å². The van der Waals surface area contributed by atoms with Gasteiger partial charge in [-0.25, -0.2) is 4.39 Å². The maximum atomic E-state index is 13.5. The van der Waals surface area contributed by atoms with Gasteiger partial charge in [0.15, 0.2) is 0 Å². The van der Waals surface area contributed by atoms with Crippen molar-refractivity contribution >= 4 is 0 Å². The van der Waals surface area contributed by atoms with Crippen LogP contribution in [0.25, 0.3) is 0 Å². The molecule has 3 nitrogen and oxygen atoms in total. The molecule has 1 heterocycles. The Morgan fingerprint density at radius 3 is 2.73 bits per heavy atom. The Morgan fingerprint density at radius 1 is 1.32 bits per heavy atom. The summed E-state index contributed by atoms with van der Waals surface area (Å²) >= 11 is 0. The predicted molar refractivity (Wildman–Crippen MR) is 81.7 cm³/mol. The van der Waals surface area contributed by atoms with E-state index in [2.05, 4.69) is 4.98 Å². The molecule has 0 amide bonds. The molecule has 1 saturated carbocycles. The number of aryl methyl sites for hydroxylation is 1. The van der Waals surface area contributed by atoms with Crippen LogP contribution in [0.1, 0.15) is 36.6 Å². The van der Waals surface area contributed by atoms with Crippen LogP contribution in [-0.2, 0) is 23.4 Å². The fourth-order valence-electron chi connectivity index (χ4n) is 2.81. The van der Waals surface area contributed by atoms with Gasteiger partial charge >= 0.3 is 0 Å². The molecule has 0 saturated heterocycles. The minimum atomic E-state index is -0.987. The molecular formula is C18H20FNO2. The van der Waals surface area contributed by atoms with E-state index < -0.39 is 5.60 Å². The molecule has 0 unspecified atom stereocenters. The van der Waals surface area contributed by atoms with E-state index in [-0.39, 0.29) is 11.9 Å². The Hall–Kier alpha value is -1.78. The first-order valence-corrected chi connectivity index (χ1v) is 7.63. The van der Waals surface area contributed by atoms with Crippen molar-refractivity contribution < 1.29 is 14.2 Å². The van der Waals surface area contributed by atoms with Crippen molar-refractivity contribution in [1.82, 2.24) is 4.98 Å². The molecule has 1 aromatic heterocycles. The summed E-state index contributed by atoms with van der Waals surface area (Å²) in [6, 6.07) is 11.6. The molecule has 22 heavy (non-hydrogen) atoms. The topological polar surface area (TPSA) is 42.4 Å². The summed E-state index contributed by atoms with van der Waals surface area (Å²) in [6.07, 6.45) is 2.81. The summed E-state index contributed by atoms with van der Waals surface area (Å²) in [5.41, 5.74) is 1.27. The van der Waals surface area contributed by atoms with Crippen LogP contribution in [0.5, 0.6) is 0 Å². The molecule has 1 aliphatic carbocycles. The first kappa shape index (κ1) is 15.1. The zero-order chi connectivity index (χ0) is 15.6. The molecule has 4 heteroatoms. The van der Waals surface area contributed by atoms with Gasteiger partial charge in [-0.3, -0.25) is 4.98 Å². The normalized spacial score (nSPS) is 24.0. The van der Waals surface area contributed by atoms with E-state index in [1.54, 1.807) is 6.07 Å². The van der Waals surface area contributed by atoms with E-state index in [1.165, 1.54) is 6.20 Å². The van der Waals surface area contributed by atoms with Crippen LogP contribution < -0.4 is 0 Å². The quantitative estimate of drug-likeness (QED) is 0.921. The van der Waals surface area contributed by atoms with Crippen LogP contribution in [0.4, 0.5) is 4.39 Å². The van der Waals surface area contributed by atoms with Gasteiger partial charge < -0.3 is 9.84 Å². The maximum Gasteiger partial charge on any atom is 0.144 e. The van der Waals surface area contributed by atoms with Gasteiger partial charge in [0.25, 0.3) is 0 Å². The average molecular weight is 301 g/mol. The molecule has 1 aliphatic rings. The molecule has 0 radical (unpaired) electrons. The second-order valence-electron chi connectivity index (χ2n) is 5.87. The molecule has 116 valence electrons. The Bertz CT molecular complexity index is 639. The molecule has 1 fully saturated rings. The van der Waals surface area contributed by atoms with Gasteiger partial charge in [0, 0.05) is 12.8 Å². The molecule has 0 aliphatic heterocycles. The van der Waals surface area contributed by atoms with E-state index in [9.17, 15) is 9.50 Å². The van der Waals surface area contributed by atoms with Crippen LogP contribution in [0.2, 0.25) is 0 Å². The first-order valence-electron chi connectivity index (χ1n) is 7.63. The fourth-order valence-corrected chi connectivity index (χ4v) is 2.81. The lowest BCUT2D eigenvalue weighted by Gasteiger charge is -2.42. The van der Waals surface area contributed by atoms with Gasteiger partial charge in [-0.15, -0.1) is 0 Å². The largest absolute Gasteiger partial charge is 0.383 e. The monoisotopic (exact) mass is 301 g/mol. The number of pyridine rings is 1. The number of benzene rings is 1. The van der Waals surface area contributed by atoms with Gasteiger partial charge in [0.05, 0.1) is 24.6 Å². The molecule has 3 rings (SSSR count). The summed E-state index contributed by atoms with van der Waals surface area (Å²) < 4.78 is 19.3. The average Bonchev–Trinajstić information content (AvgIpc) is 2.52. The summed E-state index contributed by atoms with van der Waals surface area (Å²) in [5.74, 6) is -0.314. The Balaban J connectivity index is 1.59. The molecule has 2 aromatic rings. The Morgan fingerprint density at radius 2 is 2.05 bits per heavy atom. The molecular weight excluding hydrogens is 281 g/mol. The third-order valence-electron chi connectivity index (χ3n) is 4.25. The number of nitrogens with zero attached hydrogens (tertiary/aromatic N) is 1. The smallest absolute Gasteiger partial charge is 0.144 e. The van der Waals surface area contributed by atoms with Crippen molar-refractivity contribution in [1.29, 1.82) is 0 Å². The number of aromatic nitrogens is 1. The number of aliphatic hydroxyl groups is 1. The van der Waals surface area contributed by atoms with Gasteiger partial charge in [-0.05, 0) is 23.6 Å². The maximum absolute atomic E-state index is 13.5. The molecule has 1 aromatic carbocycles. The Labute approximate surface area is 129 Å². The summed E-state index contributed by atoms with van der Waals surface area (Å²) in [5, 5.41) is 10.6. The van der Waals surface area contributed by atoms with E-state index in [1.807, 2.05) is 37.3 Å². The predicted octanol–water partition coefficient (Wildman–Crippen LogP) is 3.35. The summed E-state index contributed by atoms with van der Waals surface area (Å²) in [6.45, 7) is 2.43. The lowest BCUT2D eigenvalue weighted by Crippen LogP contribution is -2.46. The summed E-state index contributed by atoms with van der Waals surface area (Å²) in [4.78, 5) is 4.05. The van der Waals surface area contributed by atoms with Crippen molar-refractivity contribution in [3.05, 3.63) is 65.2 Å². The van der Waals surface area contributed by atoms with E-state index in [0.717, 1.165) is 5.56 Å². The number of hydrogen-bond donors (Lipinski definition) is 1. The van der Waals surface area contributed by atoms with Gasteiger partial charge in [-0.1, -0.05) is 37.3 Å². The highest BCUT2D eigenvalue weighted by Gasteiger charge is 2.46. The highest BCUT2D eigenvalue weighted by molar-refractivity contribution is 5.25. The minimum Gasteiger partial charge on any atom is -0.383 e. The SMILES string of the molecule is CCc1cc(C2(O)CC(OCc3ccccc3)C2)ncc1F. The van der Waals surface area contributed by atoms with E-state index >= 15 is 0 Å². The van der Waals surface area contributed by atoms with Crippen LogP contribution in [0.3, 0.4) is 0 Å². The van der Waals surface area contributed by atoms with E-state index in [0.29, 0.717) is 37.1 Å². The van der Waals surface area contributed by atoms with Crippen LogP contribution in [0, 0.1) is 5.82 Å². The molecule has 1 N–H and O–H groups in total. The molecule has 0 spiro atoms. The van der Waals surface area contributed by atoms with E-state index in [4.69, 9.17) is 4.74 Å². The van der Waals surface area contributed by atoms with Crippen LogP contribution >= 0.6 is 0 Å². The van der Waals surface area contributed by atoms with Gasteiger partial charge in [-0.2, -0.15) is 0 Å².